The normalized spacial score (nSPS) is 15.9. The highest BCUT2D eigenvalue weighted by molar-refractivity contribution is 7.89. The van der Waals surface area contributed by atoms with E-state index < -0.39 is 10.0 Å². The summed E-state index contributed by atoms with van der Waals surface area (Å²) < 4.78 is 46.0. The van der Waals surface area contributed by atoms with Gasteiger partial charge < -0.3 is 15.4 Å². The molecule has 0 aromatic heterocycles. The van der Waals surface area contributed by atoms with Gasteiger partial charge in [-0.2, -0.15) is 0 Å². The minimum Gasteiger partial charge on any atom is -0.490 e. The van der Waals surface area contributed by atoms with E-state index in [2.05, 4.69) is 15.6 Å². The molecule has 0 aliphatic heterocycles. The SMILES string of the molecule is CCNC(=NCCS(=O)(=O)N(CC)CC)NC(C)c1ccc(OCC2CC2)c(F)c1. The smallest absolute Gasteiger partial charge is 0.215 e. The molecule has 170 valence electrons. The Kier molecular flexibility index (Phi) is 9.36. The van der Waals surface area contributed by atoms with Gasteiger partial charge in [-0.15, -0.1) is 0 Å². The van der Waals surface area contributed by atoms with Crippen LogP contribution in [0.1, 0.15) is 52.1 Å². The molecule has 0 amide bonds. The molecule has 0 bridgehead atoms. The highest BCUT2D eigenvalue weighted by Crippen LogP contribution is 2.30. The molecule has 9 heteroatoms. The third kappa shape index (κ3) is 7.43. The van der Waals surface area contributed by atoms with E-state index in [1.54, 1.807) is 6.07 Å². The molecule has 2 N–H and O–H groups in total. The van der Waals surface area contributed by atoms with Crippen molar-refractivity contribution in [2.24, 2.45) is 10.9 Å². The molecule has 30 heavy (non-hydrogen) atoms. The molecule has 1 aromatic carbocycles. The molecule has 2 rings (SSSR count). The Morgan fingerprint density at radius 1 is 1.30 bits per heavy atom. The lowest BCUT2D eigenvalue weighted by molar-refractivity contribution is 0.285. The molecule has 1 unspecified atom stereocenters. The van der Waals surface area contributed by atoms with Crippen LogP contribution in [0.4, 0.5) is 4.39 Å². The number of aliphatic imine (C=N–C) groups is 1. The summed E-state index contributed by atoms with van der Waals surface area (Å²) in [4.78, 5) is 4.38. The summed E-state index contributed by atoms with van der Waals surface area (Å²) in [6.45, 7) is 9.70. The predicted octanol–water partition coefficient (Wildman–Crippen LogP) is 2.90. The third-order valence-electron chi connectivity index (χ3n) is 5.04. The number of halogens is 1. The van der Waals surface area contributed by atoms with E-state index in [1.165, 1.54) is 10.4 Å². The van der Waals surface area contributed by atoms with Gasteiger partial charge in [0.15, 0.2) is 17.5 Å². The highest BCUT2D eigenvalue weighted by Gasteiger charge is 2.23. The molecule has 1 aliphatic carbocycles. The predicted molar refractivity (Wildman–Crippen MR) is 119 cm³/mol. The first kappa shape index (κ1) is 24.4. The van der Waals surface area contributed by atoms with Gasteiger partial charge in [-0.05, 0) is 50.3 Å². The third-order valence-corrected chi connectivity index (χ3v) is 7.04. The van der Waals surface area contributed by atoms with Crippen molar-refractivity contribution >= 4 is 16.0 Å². The first-order chi connectivity index (χ1) is 14.3. The number of guanidine groups is 1. The molecular formula is C21H35FN4O3S. The maximum Gasteiger partial charge on any atom is 0.215 e. The molecule has 1 atom stereocenters. The molecule has 1 fully saturated rings. The van der Waals surface area contributed by atoms with Crippen LogP contribution in [0, 0.1) is 11.7 Å². The lowest BCUT2D eigenvalue weighted by Crippen LogP contribution is -2.39. The van der Waals surface area contributed by atoms with Crippen molar-refractivity contribution in [3.05, 3.63) is 29.6 Å². The number of benzene rings is 1. The second kappa shape index (κ2) is 11.5. The fourth-order valence-electron chi connectivity index (χ4n) is 3.02. The lowest BCUT2D eigenvalue weighted by Gasteiger charge is -2.20. The van der Waals surface area contributed by atoms with Crippen molar-refractivity contribution in [1.82, 2.24) is 14.9 Å². The Balaban J connectivity index is 1.97. The number of nitrogens with zero attached hydrogens (tertiary/aromatic N) is 2. The number of sulfonamides is 1. The van der Waals surface area contributed by atoms with Crippen LogP contribution in [-0.2, 0) is 10.0 Å². The molecule has 1 aromatic rings. The maximum absolute atomic E-state index is 14.4. The van der Waals surface area contributed by atoms with Gasteiger partial charge in [0.2, 0.25) is 10.0 Å². The molecule has 0 heterocycles. The van der Waals surface area contributed by atoms with E-state index >= 15 is 0 Å². The van der Waals surface area contributed by atoms with E-state index in [-0.39, 0.29) is 29.9 Å². The average Bonchev–Trinajstić information content (AvgIpc) is 3.52. The zero-order chi connectivity index (χ0) is 22.1. The Hall–Kier alpha value is -1.87. The van der Waals surface area contributed by atoms with E-state index in [9.17, 15) is 12.8 Å². The fraction of sp³-hybridized carbons (Fsp3) is 0.667. The van der Waals surface area contributed by atoms with Crippen LogP contribution < -0.4 is 15.4 Å². The van der Waals surface area contributed by atoms with Crippen LogP contribution in [0.5, 0.6) is 5.75 Å². The number of nitrogens with one attached hydrogen (secondary N) is 2. The van der Waals surface area contributed by atoms with Crippen molar-refractivity contribution < 1.29 is 17.5 Å². The molecule has 0 saturated heterocycles. The number of hydrogen-bond acceptors (Lipinski definition) is 4. The van der Waals surface area contributed by atoms with Crippen molar-refractivity contribution in [2.75, 3.05) is 38.5 Å². The summed E-state index contributed by atoms with van der Waals surface area (Å²) in [7, 11) is -3.32. The highest BCUT2D eigenvalue weighted by atomic mass is 32.2. The molecule has 0 radical (unpaired) electrons. The van der Waals surface area contributed by atoms with Gasteiger partial charge in [-0.1, -0.05) is 19.9 Å². The van der Waals surface area contributed by atoms with Crippen molar-refractivity contribution in [1.29, 1.82) is 0 Å². The van der Waals surface area contributed by atoms with Crippen LogP contribution in [0.3, 0.4) is 0 Å². The summed E-state index contributed by atoms with van der Waals surface area (Å²) in [6, 6.07) is 4.74. The quantitative estimate of drug-likeness (QED) is 0.384. The topological polar surface area (TPSA) is 83.0 Å². The maximum atomic E-state index is 14.4. The summed E-state index contributed by atoms with van der Waals surface area (Å²) in [5.74, 6) is 0.902. The van der Waals surface area contributed by atoms with Gasteiger partial charge in [0, 0.05) is 19.6 Å². The van der Waals surface area contributed by atoms with Crippen LogP contribution in [0.15, 0.2) is 23.2 Å². The minimum atomic E-state index is -3.32. The van der Waals surface area contributed by atoms with Gasteiger partial charge in [0.05, 0.1) is 24.9 Å². The largest absolute Gasteiger partial charge is 0.490 e. The van der Waals surface area contributed by atoms with Gasteiger partial charge in [-0.25, -0.2) is 17.1 Å². The Morgan fingerprint density at radius 2 is 2.00 bits per heavy atom. The number of hydrogen-bond donors (Lipinski definition) is 2. The van der Waals surface area contributed by atoms with Crippen LogP contribution in [-0.4, -0.2) is 57.2 Å². The van der Waals surface area contributed by atoms with Crippen LogP contribution in [0.2, 0.25) is 0 Å². The van der Waals surface area contributed by atoms with Gasteiger partial charge in [0.1, 0.15) is 0 Å². The summed E-state index contributed by atoms with van der Waals surface area (Å²) >= 11 is 0. The Bertz CT molecular complexity index is 808. The van der Waals surface area contributed by atoms with E-state index in [4.69, 9.17) is 4.74 Å². The first-order valence-corrected chi connectivity index (χ1v) is 12.4. The van der Waals surface area contributed by atoms with Gasteiger partial charge in [-0.3, -0.25) is 4.99 Å². The zero-order valence-electron chi connectivity index (χ0n) is 18.4. The van der Waals surface area contributed by atoms with E-state index in [0.717, 1.165) is 18.4 Å². The van der Waals surface area contributed by atoms with Gasteiger partial charge in [0.25, 0.3) is 0 Å². The fourth-order valence-corrected chi connectivity index (χ4v) is 4.39. The van der Waals surface area contributed by atoms with E-state index in [1.807, 2.05) is 33.8 Å². The first-order valence-electron chi connectivity index (χ1n) is 10.8. The van der Waals surface area contributed by atoms with Crippen molar-refractivity contribution in [3.8, 4) is 5.75 Å². The van der Waals surface area contributed by atoms with Gasteiger partial charge >= 0.3 is 0 Å². The molecule has 7 nitrogen and oxygen atoms in total. The van der Waals surface area contributed by atoms with Crippen molar-refractivity contribution in [2.45, 2.75) is 46.6 Å². The van der Waals surface area contributed by atoms with Crippen molar-refractivity contribution in [3.63, 3.8) is 0 Å². The van der Waals surface area contributed by atoms with Crippen LogP contribution in [0.25, 0.3) is 0 Å². The number of ether oxygens (including phenoxy) is 1. The zero-order valence-corrected chi connectivity index (χ0v) is 19.3. The standard InChI is InChI=1S/C21H35FN4O3S/c1-5-23-21(24-12-13-30(27,28)26(6-2)7-3)25-16(4)18-10-11-20(19(22)14-18)29-15-17-8-9-17/h10-11,14,16-17H,5-9,12-13,15H2,1-4H3,(H2,23,24,25). The minimum absolute atomic E-state index is 0.0543. The summed E-state index contributed by atoms with van der Waals surface area (Å²) in [6.07, 6.45) is 2.31. The second-order valence-electron chi connectivity index (χ2n) is 7.47. The monoisotopic (exact) mass is 442 g/mol. The summed E-state index contributed by atoms with van der Waals surface area (Å²) in [5.41, 5.74) is 0.757. The molecule has 0 spiro atoms. The molecule has 1 saturated carbocycles. The molecule has 1 aliphatic rings. The second-order valence-corrected chi connectivity index (χ2v) is 9.56. The van der Waals surface area contributed by atoms with E-state index in [0.29, 0.717) is 38.1 Å². The molecular weight excluding hydrogens is 407 g/mol. The summed E-state index contributed by atoms with van der Waals surface area (Å²) in [5, 5.41) is 6.31. The lowest BCUT2D eigenvalue weighted by atomic mass is 10.1. The number of rotatable bonds is 12. The van der Waals surface area contributed by atoms with Crippen LogP contribution >= 0.6 is 0 Å². The Labute approximate surface area is 180 Å². The Morgan fingerprint density at radius 3 is 2.57 bits per heavy atom. The average molecular weight is 443 g/mol.